The lowest BCUT2D eigenvalue weighted by molar-refractivity contribution is -0.146. The maximum Gasteiger partial charge on any atom is 0.329 e. The molecule has 0 aromatic heterocycles. The van der Waals surface area contributed by atoms with E-state index in [1.54, 1.807) is 25.1 Å². The summed E-state index contributed by atoms with van der Waals surface area (Å²) in [6, 6.07) is 4.94. The summed E-state index contributed by atoms with van der Waals surface area (Å²) in [6.07, 6.45) is 0.228. The normalized spacial score (nSPS) is 13.7. The third-order valence-corrected chi connectivity index (χ3v) is 3.70. The van der Waals surface area contributed by atoms with Gasteiger partial charge in [-0.3, -0.25) is 4.79 Å². The van der Waals surface area contributed by atoms with Crippen molar-refractivity contribution in [2.45, 2.75) is 32.2 Å². The highest BCUT2D eigenvalue weighted by Gasteiger charge is 2.32. The number of carbonyl (C=O) groups is 2. The Hall–Kier alpha value is -1.26. The summed E-state index contributed by atoms with van der Waals surface area (Å²) in [5.41, 5.74) is -0.794. The summed E-state index contributed by atoms with van der Waals surface area (Å²) >= 11 is 11.9. The number of hydrogen-bond donors (Lipinski definition) is 2. The molecule has 104 valence electrons. The van der Waals surface area contributed by atoms with Gasteiger partial charge in [0.2, 0.25) is 5.91 Å². The van der Waals surface area contributed by atoms with Crippen molar-refractivity contribution in [2.75, 3.05) is 0 Å². The van der Waals surface area contributed by atoms with E-state index in [4.69, 9.17) is 28.3 Å². The molecule has 0 bridgehead atoms. The average molecular weight is 304 g/mol. The first kappa shape index (κ1) is 15.8. The minimum absolute atomic E-state index is 0.0542. The van der Waals surface area contributed by atoms with E-state index in [9.17, 15) is 9.59 Å². The molecule has 0 aliphatic rings. The average Bonchev–Trinajstić information content (AvgIpc) is 2.33. The predicted octanol–water partition coefficient (Wildman–Crippen LogP) is 2.91. The van der Waals surface area contributed by atoms with E-state index in [0.29, 0.717) is 15.6 Å². The van der Waals surface area contributed by atoms with Crippen LogP contribution in [-0.4, -0.2) is 22.5 Å². The molecule has 0 radical (unpaired) electrons. The largest absolute Gasteiger partial charge is 0.480 e. The van der Waals surface area contributed by atoms with Crippen LogP contribution in [0.25, 0.3) is 0 Å². The second-order valence-corrected chi connectivity index (χ2v) is 5.23. The van der Waals surface area contributed by atoms with Gasteiger partial charge in [0.1, 0.15) is 5.54 Å². The first-order valence-corrected chi connectivity index (χ1v) is 6.53. The molecule has 0 saturated carbocycles. The molecule has 2 N–H and O–H groups in total. The molecule has 1 rings (SSSR count). The molecule has 1 aromatic rings. The number of amides is 1. The van der Waals surface area contributed by atoms with Crippen molar-refractivity contribution in [3.8, 4) is 0 Å². The van der Waals surface area contributed by atoms with E-state index in [-0.39, 0.29) is 12.8 Å². The minimum atomic E-state index is -1.29. The monoisotopic (exact) mass is 303 g/mol. The van der Waals surface area contributed by atoms with E-state index >= 15 is 0 Å². The number of nitrogens with one attached hydrogen (secondary N) is 1. The lowest BCUT2D eigenvalue weighted by atomic mass is 9.98. The van der Waals surface area contributed by atoms with Crippen molar-refractivity contribution in [1.82, 2.24) is 5.32 Å². The van der Waals surface area contributed by atoms with Gasteiger partial charge in [-0.15, -0.1) is 0 Å². The zero-order valence-corrected chi connectivity index (χ0v) is 12.2. The second-order valence-electron chi connectivity index (χ2n) is 4.42. The summed E-state index contributed by atoms with van der Waals surface area (Å²) in [5, 5.41) is 12.4. The van der Waals surface area contributed by atoms with Crippen molar-refractivity contribution in [2.24, 2.45) is 0 Å². The number of benzene rings is 1. The third-order valence-electron chi connectivity index (χ3n) is 2.99. The molecular weight excluding hydrogens is 289 g/mol. The van der Waals surface area contributed by atoms with Crippen LogP contribution in [-0.2, 0) is 16.0 Å². The first-order valence-electron chi connectivity index (χ1n) is 5.77. The quantitative estimate of drug-likeness (QED) is 0.879. The summed E-state index contributed by atoms with van der Waals surface area (Å²) in [4.78, 5) is 23.0. The molecule has 0 saturated heterocycles. The van der Waals surface area contributed by atoms with Crippen molar-refractivity contribution < 1.29 is 14.7 Å². The number of aliphatic carboxylic acids is 1. The number of carboxylic acids is 1. The number of carboxylic acid groups (broad SMARTS) is 1. The van der Waals surface area contributed by atoms with Crippen LogP contribution in [0.5, 0.6) is 0 Å². The molecule has 1 amide bonds. The van der Waals surface area contributed by atoms with Gasteiger partial charge < -0.3 is 10.4 Å². The summed E-state index contributed by atoms with van der Waals surface area (Å²) < 4.78 is 0. The van der Waals surface area contributed by atoms with E-state index in [1.165, 1.54) is 6.92 Å². The van der Waals surface area contributed by atoms with Gasteiger partial charge in [0.05, 0.1) is 6.42 Å². The van der Waals surface area contributed by atoms with Gasteiger partial charge in [0, 0.05) is 10.0 Å². The number of halogens is 2. The van der Waals surface area contributed by atoms with Crippen LogP contribution >= 0.6 is 23.2 Å². The van der Waals surface area contributed by atoms with Crippen LogP contribution < -0.4 is 5.32 Å². The molecule has 0 aliphatic carbocycles. The van der Waals surface area contributed by atoms with Crippen molar-refractivity contribution in [1.29, 1.82) is 0 Å². The summed E-state index contributed by atoms with van der Waals surface area (Å²) in [5.74, 6) is -1.50. The molecule has 1 atom stereocenters. The summed E-state index contributed by atoms with van der Waals surface area (Å²) in [7, 11) is 0. The highest BCUT2D eigenvalue weighted by molar-refractivity contribution is 6.36. The molecule has 1 unspecified atom stereocenters. The molecule has 0 aliphatic heterocycles. The van der Waals surface area contributed by atoms with E-state index in [0.717, 1.165) is 0 Å². The van der Waals surface area contributed by atoms with Gasteiger partial charge in [-0.2, -0.15) is 0 Å². The van der Waals surface area contributed by atoms with Gasteiger partial charge >= 0.3 is 5.97 Å². The molecule has 19 heavy (non-hydrogen) atoms. The Morgan fingerprint density at radius 2 is 1.84 bits per heavy atom. The number of hydrogen-bond acceptors (Lipinski definition) is 2. The van der Waals surface area contributed by atoms with E-state index < -0.39 is 17.4 Å². The Bertz CT molecular complexity index is 484. The van der Waals surface area contributed by atoms with Crippen LogP contribution in [0.3, 0.4) is 0 Å². The van der Waals surface area contributed by atoms with Crippen molar-refractivity contribution >= 4 is 35.1 Å². The van der Waals surface area contributed by atoms with Gasteiger partial charge in [0.15, 0.2) is 0 Å². The van der Waals surface area contributed by atoms with Crippen LogP contribution in [0.2, 0.25) is 10.0 Å². The predicted molar refractivity (Wildman–Crippen MR) is 74.6 cm³/mol. The highest BCUT2D eigenvalue weighted by atomic mass is 35.5. The lowest BCUT2D eigenvalue weighted by Crippen LogP contribution is -2.52. The Kier molecular flexibility index (Phi) is 5.20. The van der Waals surface area contributed by atoms with Gasteiger partial charge in [-0.1, -0.05) is 36.2 Å². The minimum Gasteiger partial charge on any atom is -0.480 e. The maximum atomic E-state index is 11.9. The number of rotatable bonds is 5. The highest BCUT2D eigenvalue weighted by Crippen LogP contribution is 2.24. The zero-order valence-electron chi connectivity index (χ0n) is 10.7. The topological polar surface area (TPSA) is 66.4 Å². The fourth-order valence-corrected chi connectivity index (χ4v) is 2.04. The van der Waals surface area contributed by atoms with Crippen molar-refractivity contribution in [3.05, 3.63) is 33.8 Å². The van der Waals surface area contributed by atoms with Crippen LogP contribution in [0, 0.1) is 0 Å². The van der Waals surface area contributed by atoms with Crippen molar-refractivity contribution in [3.63, 3.8) is 0 Å². The van der Waals surface area contributed by atoms with Crippen LogP contribution in [0.1, 0.15) is 25.8 Å². The molecule has 6 heteroatoms. The molecule has 4 nitrogen and oxygen atoms in total. The standard InChI is InChI=1S/C13H15Cl2NO3/c1-3-13(2,12(18)19)16-11(17)7-8-9(14)5-4-6-10(8)15/h4-6H,3,7H2,1-2H3,(H,16,17)(H,18,19). The third kappa shape index (κ3) is 3.85. The molecule has 0 fully saturated rings. The first-order chi connectivity index (χ1) is 8.80. The van der Waals surface area contributed by atoms with E-state index in [2.05, 4.69) is 5.32 Å². The Balaban J connectivity index is 2.84. The van der Waals surface area contributed by atoms with E-state index in [1.807, 2.05) is 0 Å². The molecule has 1 aromatic carbocycles. The van der Waals surface area contributed by atoms with Gasteiger partial charge in [-0.05, 0) is 31.0 Å². The Labute approximate surface area is 121 Å². The fourth-order valence-electron chi connectivity index (χ4n) is 1.51. The Morgan fingerprint density at radius 1 is 1.32 bits per heavy atom. The smallest absolute Gasteiger partial charge is 0.329 e. The number of carbonyl (C=O) groups excluding carboxylic acids is 1. The zero-order chi connectivity index (χ0) is 14.6. The van der Waals surface area contributed by atoms with Gasteiger partial charge in [0.25, 0.3) is 0 Å². The summed E-state index contributed by atoms with van der Waals surface area (Å²) in [6.45, 7) is 3.15. The van der Waals surface area contributed by atoms with Gasteiger partial charge in [-0.25, -0.2) is 4.79 Å². The molecule has 0 heterocycles. The lowest BCUT2D eigenvalue weighted by Gasteiger charge is -2.24. The van der Waals surface area contributed by atoms with Crippen LogP contribution in [0.4, 0.5) is 0 Å². The molecular formula is C13H15Cl2NO3. The Morgan fingerprint density at radius 3 is 2.26 bits per heavy atom. The maximum absolute atomic E-state index is 11.9. The van der Waals surface area contributed by atoms with Crippen LogP contribution in [0.15, 0.2) is 18.2 Å². The SMILES string of the molecule is CCC(C)(NC(=O)Cc1c(Cl)cccc1Cl)C(=O)O. The molecule has 0 spiro atoms. The fraction of sp³-hybridized carbons (Fsp3) is 0.385. The second kappa shape index (κ2) is 6.26.